The Balaban J connectivity index is 0.959. The number of aryl methyl sites for hydroxylation is 1. The molecule has 4 aliphatic rings. The van der Waals surface area contributed by atoms with E-state index in [-0.39, 0.29) is 96.2 Å². The number of nitrogens with zero attached hydrogens (tertiary/aromatic N) is 2. The van der Waals surface area contributed by atoms with Crippen molar-refractivity contribution >= 4 is 58.0 Å². The second-order valence-electron chi connectivity index (χ2n) is 22.9. The van der Waals surface area contributed by atoms with Crippen molar-refractivity contribution in [2.45, 2.75) is 174 Å². The molecule has 0 radical (unpaired) electrons. The smallest absolute Gasteiger partial charge is 0.412 e. The van der Waals surface area contributed by atoms with Crippen molar-refractivity contribution < 1.29 is 87.5 Å². The maximum Gasteiger partial charge on any atom is 0.412 e. The fourth-order valence-corrected chi connectivity index (χ4v) is 10.3. The van der Waals surface area contributed by atoms with Gasteiger partial charge in [0.2, 0.25) is 30.8 Å². The number of unbranched alkanes of at least 4 members (excludes halogenated alkanes) is 2. The first-order valence-electron chi connectivity index (χ1n) is 28.1. The Morgan fingerprint density at radius 2 is 1.68 bits per heavy atom. The highest BCUT2D eigenvalue weighted by atomic mass is 16.7. The molecule has 0 spiro atoms. The topological polar surface area (TPSA) is 377 Å². The van der Waals surface area contributed by atoms with Gasteiger partial charge in [-0.15, -0.1) is 0 Å². The number of fused-ring (bicyclic) bond motifs is 6. The number of amides is 4. The molecule has 0 saturated carbocycles. The molecule has 4 aliphatic heterocycles. The Morgan fingerprint density at radius 3 is 2.39 bits per heavy atom. The summed E-state index contributed by atoms with van der Waals surface area (Å²) in [5, 5.41) is 64.2. The second kappa shape index (κ2) is 25.8. The molecule has 26 nitrogen and oxygen atoms in total. The number of carbonyl (C=O) groups is 6. The summed E-state index contributed by atoms with van der Waals surface area (Å²) in [5.41, 5.74) is 6.03. The van der Waals surface area contributed by atoms with Crippen molar-refractivity contribution in [3.8, 4) is 28.6 Å². The number of aromatic nitrogens is 2. The van der Waals surface area contributed by atoms with Crippen LogP contribution >= 0.6 is 0 Å². The van der Waals surface area contributed by atoms with Crippen LogP contribution in [-0.4, -0.2) is 140 Å². The Hall–Kier alpha value is -7.46. The maximum atomic E-state index is 14.1. The molecule has 8 rings (SSSR count). The summed E-state index contributed by atoms with van der Waals surface area (Å²) in [7, 11) is 0. The standard InChI is InChI=1S/C58H75N7O19/c1-8-10-13-30-31-25-65-37(23-33-32(50(65)71)27-78-54(75)58(33,77)9-2)42(31)63-36-24-39-47(81-28-80-39)43(41(30)36)64-55(76)79-26-29-15-16-38(83-52-46(69)44(67)45(68)48(84-52)51(72)73)35(22-29)62-40(66)17-20-60-49(70)34(59)14-11-12-19-61-53(74)57(6,7)18-21-82-56(3,4)5/h15-16,22-24,34,44-46,48,52,67-69,77H,8-14,17-21,25-28,59H2,1-7H3,(H,60,70)(H,61,74)(H,62,66)(H,64,76)(H,72,73)/t34-,44-,45-,46+,48-,52+,58-/m0/s1. The number of anilines is 2. The predicted octanol–water partition coefficient (Wildman–Crippen LogP) is 3.46. The zero-order valence-electron chi connectivity index (χ0n) is 48.1. The van der Waals surface area contributed by atoms with Crippen molar-refractivity contribution in [2.24, 2.45) is 11.1 Å². The number of aliphatic carboxylic acids is 1. The van der Waals surface area contributed by atoms with Gasteiger partial charge in [-0.2, -0.15) is 0 Å². The summed E-state index contributed by atoms with van der Waals surface area (Å²) in [6, 6.07) is 6.45. The zero-order chi connectivity index (χ0) is 61.0. The minimum absolute atomic E-state index is 0.0369. The average molecular weight is 1170 g/mol. The van der Waals surface area contributed by atoms with Crippen molar-refractivity contribution in [1.82, 2.24) is 20.2 Å². The van der Waals surface area contributed by atoms with Gasteiger partial charge in [0.25, 0.3) is 5.56 Å². The van der Waals surface area contributed by atoms with E-state index in [0.29, 0.717) is 79.5 Å². The molecule has 0 unspecified atom stereocenters. The molecule has 11 N–H and O–H groups in total. The zero-order valence-corrected chi connectivity index (χ0v) is 48.1. The molecule has 6 heterocycles. The van der Waals surface area contributed by atoms with Crippen molar-refractivity contribution in [3.63, 3.8) is 0 Å². The number of carboxylic acids is 1. The molecular formula is C58H75N7O19. The normalized spacial score (nSPS) is 20.9. The van der Waals surface area contributed by atoms with E-state index in [9.17, 15) is 59.1 Å². The van der Waals surface area contributed by atoms with Crippen molar-refractivity contribution in [2.75, 3.05) is 37.1 Å². The summed E-state index contributed by atoms with van der Waals surface area (Å²) in [4.78, 5) is 97.2. The highest BCUT2D eigenvalue weighted by molar-refractivity contribution is 6.06. The lowest BCUT2D eigenvalue weighted by Gasteiger charge is -2.38. The average Bonchev–Trinajstić information content (AvgIpc) is 3.11. The molecule has 1 saturated heterocycles. The lowest BCUT2D eigenvalue weighted by Crippen LogP contribution is -2.61. The van der Waals surface area contributed by atoms with Gasteiger partial charge >= 0.3 is 18.0 Å². The van der Waals surface area contributed by atoms with E-state index < -0.39 is 89.8 Å². The maximum absolute atomic E-state index is 14.1. The van der Waals surface area contributed by atoms with Crippen LogP contribution in [0.4, 0.5) is 16.2 Å². The number of hydrogen-bond acceptors (Lipinski definition) is 20. The van der Waals surface area contributed by atoms with Crippen LogP contribution in [0.15, 0.2) is 35.1 Å². The molecule has 4 aromatic rings. The fraction of sp³-hybridized carbons (Fsp3) is 0.552. The summed E-state index contributed by atoms with van der Waals surface area (Å²) in [5.74, 6) is -3.55. The molecule has 0 bridgehead atoms. The number of nitrogens with one attached hydrogen (secondary N) is 4. The van der Waals surface area contributed by atoms with Gasteiger partial charge in [0.05, 0.1) is 46.3 Å². The first-order valence-corrected chi connectivity index (χ1v) is 28.1. The SMILES string of the molecule is CCCCc1c2c(nc3cc4c(c(NC(=O)OCc5ccc(O[C@@H]6O[C@H](C(=O)O)[C@@H](O)[C@H](O)[C@H]6O)c(NC(=O)CCNC(=O)[C@@H](N)CCCCNC(=O)C(C)(C)CCOC(C)(C)C)c5)c13)OCO4)-c1cc3c(c(=O)n1C2)COC(=O)[C@]3(O)CC. The van der Waals surface area contributed by atoms with Crippen LogP contribution in [0.2, 0.25) is 0 Å². The van der Waals surface area contributed by atoms with Crippen LogP contribution in [-0.2, 0) is 74.7 Å². The fourth-order valence-electron chi connectivity index (χ4n) is 10.3. The molecular weight excluding hydrogens is 1100 g/mol. The number of aliphatic hydroxyl groups excluding tert-OH is 3. The Labute approximate surface area is 483 Å². The van der Waals surface area contributed by atoms with Gasteiger partial charge in [0.15, 0.2) is 23.2 Å². The van der Waals surface area contributed by atoms with Crippen LogP contribution in [0.1, 0.15) is 128 Å². The Morgan fingerprint density at radius 1 is 0.917 bits per heavy atom. The van der Waals surface area contributed by atoms with Gasteiger partial charge in [0.1, 0.15) is 43.0 Å². The minimum atomic E-state index is -2.04. The largest absolute Gasteiger partial charge is 0.479 e. The number of carboxylic acid groups (broad SMARTS) is 1. The number of aliphatic hydroxyl groups is 4. The summed E-state index contributed by atoms with van der Waals surface area (Å²) in [6.45, 7) is 13.0. The molecule has 1 fully saturated rings. The Bertz CT molecular complexity index is 3250. The molecule has 84 heavy (non-hydrogen) atoms. The molecule has 26 heteroatoms. The van der Waals surface area contributed by atoms with E-state index in [1.807, 2.05) is 41.5 Å². The number of rotatable bonds is 24. The first-order chi connectivity index (χ1) is 39.8. The number of cyclic esters (lactones) is 1. The van der Waals surface area contributed by atoms with E-state index >= 15 is 0 Å². The van der Waals surface area contributed by atoms with E-state index in [0.717, 1.165) is 12.0 Å². The number of nitrogens with two attached hydrogens (primary N) is 1. The van der Waals surface area contributed by atoms with Gasteiger partial charge in [0, 0.05) is 54.1 Å². The summed E-state index contributed by atoms with van der Waals surface area (Å²) < 4.78 is 41.2. The highest BCUT2D eigenvalue weighted by Gasteiger charge is 2.49. The lowest BCUT2D eigenvalue weighted by atomic mass is 9.86. The second-order valence-corrected chi connectivity index (χ2v) is 22.9. The van der Waals surface area contributed by atoms with E-state index in [1.165, 1.54) is 22.8 Å². The third kappa shape index (κ3) is 13.5. The number of carbonyl (C=O) groups excluding carboxylic acids is 5. The minimum Gasteiger partial charge on any atom is -0.479 e. The van der Waals surface area contributed by atoms with Gasteiger partial charge in [-0.1, -0.05) is 40.2 Å². The van der Waals surface area contributed by atoms with Crippen LogP contribution in [0.25, 0.3) is 22.3 Å². The van der Waals surface area contributed by atoms with E-state index in [4.69, 9.17) is 43.9 Å². The molecule has 2 aromatic heterocycles. The van der Waals surface area contributed by atoms with Crippen LogP contribution in [0.5, 0.6) is 17.2 Å². The highest BCUT2D eigenvalue weighted by Crippen LogP contribution is 2.49. The van der Waals surface area contributed by atoms with Crippen LogP contribution in [0.3, 0.4) is 0 Å². The van der Waals surface area contributed by atoms with E-state index in [2.05, 4.69) is 21.3 Å². The third-order valence-corrected chi connectivity index (χ3v) is 15.3. The third-order valence-electron chi connectivity index (χ3n) is 15.3. The number of ether oxygens (including phenoxy) is 7. The molecule has 456 valence electrons. The molecule has 4 amide bonds. The van der Waals surface area contributed by atoms with Crippen molar-refractivity contribution in [3.05, 3.63) is 68.5 Å². The number of pyridine rings is 2. The number of hydrogen-bond donors (Lipinski definition) is 10. The van der Waals surface area contributed by atoms with Gasteiger partial charge in [-0.25, -0.2) is 19.4 Å². The quantitative estimate of drug-likeness (QED) is 0.0312. The molecule has 7 atom stereocenters. The van der Waals surface area contributed by atoms with Crippen molar-refractivity contribution in [1.29, 1.82) is 0 Å². The monoisotopic (exact) mass is 1170 g/mol. The number of esters is 1. The molecule has 2 aromatic carbocycles. The molecule has 0 aliphatic carbocycles. The number of benzene rings is 2. The van der Waals surface area contributed by atoms with Gasteiger partial charge < -0.3 is 84.9 Å². The van der Waals surface area contributed by atoms with Crippen LogP contribution in [0, 0.1) is 5.41 Å². The predicted molar refractivity (Wildman–Crippen MR) is 300 cm³/mol. The van der Waals surface area contributed by atoms with Gasteiger partial charge in [-0.05, 0) is 95.0 Å². The van der Waals surface area contributed by atoms with E-state index in [1.54, 1.807) is 19.1 Å². The van der Waals surface area contributed by atoms with Gasteiger partial charge in [-0.3, -0.25) is 24.5 Å². The Kier molecular flexibility index (Phi) is 19.2. The van der Waals surface area contributed by atoms with Crippen LogP contribution < -0.4 is 46.8 Å². The summed E-state index contributed by atoms with van der Waals surface area (Å²) >= 11 is 0. The lowest BCUT2D eigenvalue weighted by molar-refractivity contribution is -0.271. The first kappa shape index (κ1) is 62.6. The summed E-state index contributed by atoms with van der Waals surface area (Å²) in [6.07, 6.45) is -7.28.